The van der Waals surface area contributed by atoms with Crippen LogP contribution in [-0.4, -0.2) is 55.6 Å². The molecule has 0 aliphatic carbocycles. The fraction of sp³-hybridized carbons (Fsp3) is 0.778. The van der Waals surface area contributed by atoms with Gasteiger partial charge in [0.1, 0.15) is 5.66 Å². The van der Waals surface area contributed by atoms with Gasteiger partial charge in [0.25, 0.3) is 0 Å². The van der Waals surface area contributed by atoms with Crippen LogP contribution in [0.5, 0.6) is 0 Å². The molecule has 5 heteroatoms. The van der Waals surface area contributed by atoms with Gasteiger partial charge in [0.05, 0.1) is 0 Å². The summed E-state index contributed by atoms with van der Waals surface area (Å²) in [6.07, 6.45) is 0. The Hall–Kier alpha value is -1.26. The summed E-state index contributed by atoms with van der Waals surface area (Å²) in [4.78, 5) is 12.7. The molecule has 1 heterocycles. The molecule has 0 atom stereocenters. The second-order valence-electron chi connectivity index (χ2n) is 4.10. The van der Waals surface area contributed by atoms with E-state index >= 15 is 0 Å². The molecule has 0 radical (unpaired) electrons. The van der Waals surface area contributed by atoms with Gasteiger partial charge in [-0.15, -0.1) is 0 Å². The zero-order valence-corrected chi connectivity index (χ0v) is 9.79. The highest BCUT2D eigenvalue weighted by Gasteiger charge is 2.29. The standard InChI is InChI=1S/C9H19N5/c1-9(2)11-7(10-3)14(6)8(12-9)13(4)5/h1-6H3,(H,10,11). The van der Waals surface area contributed by atoms with Crippen LogP contribution in [0.3, 0.4) is 0 Å². The first kappa shape index (κ1) is 10.8. The molecule has 0 fully saturated rings. The third kappa shape index (κ3) is 1.97. The monoisotopic (exact) mass is 197 g/mol. The van der Waals surface area contributed by atoms with Gasteiger partial charge >= 0.3 is 0 Å². The lowest BCUT2D eigenvalue weighted by Crippen LogP contribution is -2.59. The van der Waals surface area contributed by atoms with Crippen molar-refractivity contribution < 1.29 is 0 Å². The van der Waals surface area contributed by atoms with Crippen molar-refractivity contribution in [2.75, 3.05) is 28.2 Å². The summed E-state index contributed by atoms with van der Waals surface area (Å²) in [7, 11) is 7.67. The van der Waals surface area contributed by atoms with Crippen LogP contribution in [0.4, 0.5) is 0 Å². The van der Waals surface area contributed by atoms with Crippen LogP contribution in [0.2, 0.25) is 0 Å². The number of hydrogen-bond acceptors (Lipinski definition) is 3. The van der Waals surface area contributed by atoms with Crippen molar-refractivity contribution in [2.24, 2.45) is 9.98 Å². The molecule has 0 spiro atoms. The van der Waals surface area contributed by atoms with Crippen molar-refractivity contribution in [3.05, 3.63) is 0 Å². The van der Waals surface area contributed by atoms with Gasteiger partial charge < -0.3 is 10.2 Å². The maximum Gasteiger partial charge on any atom is 0.205 e. The summed E-state index contributed by atoms with van der Waals surface area (Å²) in [5, 5.41) is 3.24. The van der Waals surface area contributed by atoms with Crippen LogP contribution in [0.15, 0.2) is 9.98 Å². The van der Waals surface area contributed by atoms with Crippen LogP contribution in [0, 0.1) is 0 Å². The summed E-state index contributed by atoms with van der Waals surface area (Å²) in [5.74, 6) is 1.75. The van der Waals surface area contributed by atoms with Gasteiger partial charge in [-0.25, -0.2) is 4.99 Å². The number of guanidine groups is 2. The molecular formula is C9H19N5. The first-order valence-electron chi connectivity index (χ1n) is 4.63. The lowest BCUT2D eigenvalue weighted by Gasteiger charge is -2.38. The summed E-state index contributed by atoms with van der Waals surface area (Å²) >= 11 is 0. The number of hydrogen-bond donors (Lipinski definition) is 1. The van der Waals surface area contributed by atoms with Gasteiger partial charge in [-0.05, 0) is 13.8 Å². The predicted molar refractivity (Wildman–Crippen MR) is 59.5 cm³/mol. The molecule has 0 unspecified atom stereocenters. The van der Waals surface area contributed by atoms with E-state index in [4.69, 9.17) is 0 Å². The maximum atomic E-state index is 4.57. The fourth-order valence-corrected chi connectivity index (χ4v) is 1.41. The normalized spacial score (nSPS) is 23.1. The Kier molecular flexibility index (Phi) is 2.69. The molecule has 5 nitrogen and oxygen atoms in total. The van der Waals surface area contributed by atoms with Gasteiger partial charge in [0, 0.05) is 28.2 Å². The minimum atomic E-state index is -0.291. The Balaban J connectivity index is 3.08. The summed E-state index contributed by atoms with van der Waals surface area (Å²) in [6, 6.07) is 0. The van der Waals surface area contributed by atoms with Gasteiger partial charge in [0.2, 0.25) is 11.9 Å². The zero-order chi connectivity index (χ0) is 10.9. The maximum absolute atomic E-state index is 4.57. The van der Waals surface area contributed by atoms with Gasteiger partial charge in [-0.1, -0.05) is 0 Å². The number of rotatable bonds is 0. The van der Waals surface area contributed by atoms with Crippen LogP contribution in [0.1, 0.15) is 13.8 Å². The summed E-state index contributed by atoms with van der Waals surface area (Å²) in [6.45, 7) is 4.04. The first-order chi connectivity index (χ1) is 6.37. The fourth-order valence-electron chi connectivity index (χ4n) is 1.41. The van der Waals surface area contributed by atoms with Crippen molar-refractivity contribution in [3.8, 4) is 0 Å². The summed E-state index contributed by atoms with van der Waals surface area (Å²) in [5.41, 5.74) is -0.291. The molecule has 0 saturated heterocycles. The van der Waals surface area contributed by atoms with E-state index in [1.165, 1.54) is 0 Å². The van der Waals surface area contributed by atoms with E-state index in [9.17, 15) is 0 Å². The third-order valence-electron chi connectivity index (χ3n) is 2.03. The van der Waals surface area contributed by atoms with E-state index < -0.39 is 0 Å². The SMILES string of the molecule is CN=C1NC(C)(C)N=C(N(C)C)N1C. The average molecular weight is 197 g/mol. The Morgan fingerprint density at radius 2 is 2.00 bits per heavy atom. The van der Waals surface area contributed by atoms with Gasteiger partial charge in [-0.3, -0.25) is 9.89 Å². The Morgan fingerprint density at radius 1 is 1.43 bits per heavy atom. The lowest BCUT2D eigenvalue weighted by atomic mass is 10.2. The van der Waals surface area contributed by atoms with E-state index in [1.54, 1.807) is 7.05 Å². The highest BCUT2D eigenvalue weighted by molar-refractivity contribution is 6.00. The lowest BCUT2D eigenvalue weighted by molar-refractivity contribution is 0.396. The van der Waals surface area contributed by atoms with Crippen molar-refractivity contribution in [2.45, 2.75) is 19.5 Å². The van der Waals surface area contributed by atoms with Crippen LogP contribution >= 0.6 is 0 Å². The Morgan fingerprint density at radius 3 is 2.43 bits per heavy atom. The van der Waals surface area contributed by atoms with Gasteiger partial charge in [-0.2, -0.15) is 0 Å². The topological polar surface area (TPSA) is 43.2 Å². The molecule has 0 aromatic rings. The molecule has 1 aliphatic heterocycles. The Bertz CT molecular complexity index is 277. The largest absolute Gasteiger partial charge is 0.349 e. The molecule has 0 aromatic heterocycles. The van der Waals surface area contributed by atoms with E-state index in [0.29, 0.717) is 0 Å². The van der Waals surface area contributed by atoms with E-state index in [-0.39, 0.29) is 5.66 Å². The summed E-state index contributed by atoms with van der Waals surface area (Å²) < 4.78 is 0. The number of nitrogens with zero attached hydrogens (tertiary/aromatic N) is 4. The molecule has 80 valence electrons. The average Bonchev–Trinajstić information content (AvgIpc) is 2.08. The molecular weight excluding hydrogens is 178 g/mol. The quantitative estimate of drug-likeness (QED) is 0.601. The van der Waals surface area contributed by atoms with Crippen LogP contribution in [0.25, 0.3) is 0 Å². The molecule has 0 bridgehead atoms. The van der Waals surface area contributed by atoms with Crippen molar-refractivity contribution in [1.29, 1.82) is 0 Å². The first-order valence-corrected chi connectivity index (χ1v) is 4.63. The predicted octanol–water partition coefficient (Wildman–Crippen LogP) is 0.161. The van der Waals surface area contributed by atoms with Crippen LogP contribution < -0.4 is 5.32 Å². The zero-order valence-electron chi connectivity index (χ0n) is 9.79. The molecule has 0 amide bonds. The molecule has 1 N–H and O–H groups in total. The molecule has 14 heavy (non-hydrogen) atoms. The second-order valence-corrected chi connectivity index (χ2v) is 4.10. The van der Waals surface area contributed by atoms with Crippen molar-refractivity contribution in [3.63, 3.8) is 0 Å². The van der Waals surface area contributed by atoms with Crippen molar-refractivity contribution in [1.82, 2.24) is 15.1 Å². The smallest absolute Gasteiger partial charge is 0.205 e. The van der Waals surface area contributed by atoms with E-state index in [2.05, 4.69) is 15.3 Å². The molecule has 1 rings (SSSR count). The minimum Gasteiger partial charge on any atom is -0.349 e. The second kappa shape index (κ2) is 3.48. The molecule has 1 aliphatic rings. The van der Waals surface area contributed by atoms with Gasteiger partial charge in [0.15, 0.2) is 0 Å². The number of aliphatic imine (C=N–C) groups is 2. The third-order valence-corrected chi connectivity index (χ3v) is 2.03. The minimum absolute atomic E-state index is 0.291. The highest BCUT2D eigenvalue weighted by Crippen LogP contribution is 2.12. The molecule has 0 saturated carbocycles. The van der Waals surface area contributed by atoms with Crippen LogP contribution in [-0.2, 0) is 0 Å². The number of nitrogens with one attached hydrogen (secondary N) is 1. The van der Waals surface area contributed by atoms with E-state index in [1.807, 2.05) is 44.8 Å². The molecule has 0 aromatic carbocycles. The highest BCUT2D eigenvalue weighted by atomic mass is 15.5. The van der Waals surface area contributed by atoms with E-state index in [0.717, 1.165) is 11.9 Å². The Labute approximate surface area is 85.5 Å². The van der Waals surface area contributed by atoms with Crippen molar-refractivity contribution >= 4 is 11.9 Å².